The number of aryl methyl sites for hydroxylation is 2. The first-order chi connectivity index (χ1) is 7.58. The van der Waals surface area contributed by atoms with Gasteiger partial charge in [0.1, 0.15) is 5.75 Å². The van der Waals surface area contributed by atoms with E-state index in [2.05, 4.69) is 6.07 Å². The van der Waals surface area contributed by atoms with Crippen molar-refractivity contribution in [3.8, 4) is 5.75 Å². The van der Waals surface area contributed by atoms with Crippen LogP contribution in [-0.4, -0.2) is 12.4 Å². The molecule has 0 bridgehead atoms. The van der Waals surface area contributed by atoms with Gasteiger partial charge in [0.25, 0.3) is 0 Å². The van der Waals surface area contributed by atoms with Crippen molar-refractivity contribution in [1.29, 1.82) is 0 Å². The van der Waals surface area contributed by atoms with Crippen LogP contribution in [-0.2, 0) is 0 Å². The maximum atomic E-state index is 11.6. The van der Waals surface area contributed by atoms with Crippen LogP contribution in [0.5, 0.6) is 5.75 Å². The summed E-state index contributed by atoms with van der Waals surface area (Å²) in [5, 5.41) is 0. The lowest BCUT2D eigenvalue weighted by atomic mass is 10.0. The molecule has 0 aromatic heterocycles. The number of carbonyl (C=O) groups excluding carboxylic acids is 1. The summed E-state index contributed by atoms with van der Waals surface area (Å²) in [7, 11) is 0. The Morgan fingerprint density at radius 3 is 2.62 bits per heavy atom. The molecule has 1 aliphatic rings. The summed E-state index contributed by atoms with van der Waals surface area (Å²) in [5.41, 5.74) is 2.89. The van der Waals surface area contributed by atoms with Crippen LogP contribution in [0.25, 0.3) is 0 Å². The van der Waals surface area contributed by atoms with E-state index in [0.717, 1.165) is 29.0 Å². The van der Waals surface area contributed by atoms with Gasteiger partial charge in [-0.25, -0.2) is 0 Å². The maximum absolute atomic E-state index is 11.6. The van der Waals surface area contributed by atoms with Crippen LogP contribution < -0.4 is 4.74 Å². The molecule has 86 valence electrons. The third kappa shape index (κ3) is 2.43. The van der Waals surface area contributed by atoms with Crippen LogP contribution in [0.15, 0.2) is 12.1 Å². The molecule has 0 heterocycles. The van der Waals surface area contributed by atoms with Gasteiger partial charge in [-0.3, -0.25) is 4.79 Å². The average molecular weight is 218 g/mol. The SMILES string of the molecule is CC(=O)c1cc(C)cc(C)c1OCC1CC1. The number of ether oxygens (including phenoxy) is 1. The summed E-state index contributed by atoms with van der Waals surface area (Å²) >= 11 is 0. The van der Waals surface area contributed by atoms with Gasteiger partial charge in [0.2, 0.25) is 0 Å². The number of hydrogen-bond acceptors (Lipinski definition) is 2. The monoisotopic (exact) mass is 218 g/mol. The molecule has 0 unspecified atom stereocenters. The number of carbonyl (C=O) groups is 1. The van der Waals surface area contributed by atoms with Crippen LogP contribution >= 0.6 is 0 Å². The van der Waals surface area contributed by atoms with Crippen molar-refractivity contribution in [3.63, 3.8) is 0 Å². The number of ketones is 1. The molecule has 0 amide bonds. The molecule has 0 atom stereocenters. The fourth-order valence-electron chi connectivity index (χ4n) is 1.89. The quantitative estimate of drug-likeness (QED) is 0.725. The topological polar surface area (TPSA) is 26.3 Å². The van der Waals surface area contributed by atoms with Crippen molar-refractivity contribution in [2.75, 3.05) is 6.61 Å². The Balaban J connectivity index is 2.27. The first-order valence-electron chi connectivity index (χ1n) is 5.83. The van der Waals surface area contributed by atoms with Gasteiger partial charge in [0.05, 0.1) is 12.2 Å². The van der Waals surface area contributed by atoms with E-state index in [-0.39, 0.29) is 5.78 Å². The first-order valence-corrected chi connectivity index (χ1v) is 5.83. The summed E-state index contributed by atoms with van der Waals surface area (Å²) in [6.07, 6.45) is 2.53. The Morgan fingerprint density at radius 2 is 2.06 bits per heavy atom. The van der Waals surface area contributed by atoms with Gasteiger partial charge in [-0.2, -0.15) is 0 Å². The third-order valence-electron chi connectivity index (χ3n) is 2.96. The van der Waals surface area contributed by atoms with Gasteiger partial charge < -0.3 is 4.74 Å². The highest BCUT2D eigenvalue weighted by atomic mass is 16.5. The summed E-state index contributed by atoms with van der Waals surface area (Å²) in [5.74, 6) is 1.57. The molecule has 16 heavy (non-hydrogen) atoms. The first kappa shape index (κ1) is 11.2. The molecule has 2 rings (SSSR count). The zero-order valence-electron chi connectivity index (χ0n) is 10.2. The molecule has 2 heteroatoms. The zero-order valence-corrected chi connectivity index (χ0v) is 10.2. The van der Waals surface area contributed by atoms with Crippen LogP contribution in [0.1, 0.15) is 41.3 Å². The van der Waals surface area contributed by atoms with Gasteiger partial charge in [0, 0.05) is 0 Å². The minimum absolute atomic E-state index is 0.0811. The Bertz CT molecular complexity index is 417. The number of hydrogen-bond donors (Lipinski definition) is 0. The third-order valence-corrected chi connectivity index (χ3v) is 2.96. The highest BCUT2D eigenvalue weighted by Crippen LogP contribution is 2.32. The fraction of sp³-hybridized carbons (Fsp3) is 0.500. The zero-order chi connectivity index (χ0) is 11.7. The van der Waals surface area contributed by atoms with E-state index >= 15 is 0 Å². The highest BCUT2D eigenvalue weighted by molar-refractivity contribution is 5.97. The average Bonchev–Trinajstić information content (AvgIpc) is 2.98. The Labute approximate surface area is 96.6 Å². The van der Waals surface area contributed by atoms with Gasteiger partial charge in [-0.15, -0.1) is 0 Å². The molecule has 0 spiro atoms. The van der Waals surface area contributed by atoms with Crippen molar-refractivity contribution in [2.24, 2.45) is 5.92 Å². The molecular formula is C14H18O2. The molecule has 0 N–H and O–H groups in total. The number of Topliss-reactive ketones (excluding diaryl/α,β-unsaturated/α-hetero) is 1. The van der Waals surface area contributed by atoms with Gasteiger partial charge in [-0.05, 0) is 56.7 Å². The molecule has 2 nitrogen and oxygen atoms in total. The molecule has 0 radical (unpaired) electrons. The minimum Gasteiger partial charge on any atom is -0.492 e. The summed E-state index contributed by atoms with van der Waals surface area (Å²) in [6.45, 7) is 6.36. The predicted molar refractivity (Wildman–Crippen MR) is 64.1 cm³/mol. The van der Waals surface area contributed by atoms with Gasteiger partial charge >= 0.3 is 0 Å². The van der Waals surface area contributed by atoms with Crippen LogP contribution in [0.4, 0.5) is 0 Å². The van der Waals surface area contributed by atoms with E-state index in [9.17, 15) is 4.79 Å². The normalized spacial score (nSPS) is 14.9. The van der Waals surface area contributed by atoms with E-state index in [1.807, 2.05) is 19.9 Å². The molecule has 0 saturated heterocycles. The Morgan fingerprint density at radius 1 is 1.38 bits per heavy atom. The van der Waals surface area contributed by atoms with Crippen molar-refractivity contribution >= 4 is 5.78 Å². The second-order valence-electron chi connectivity index (χ2n) is 4.77. The van der Waals surface area contributed by atoms with Crippen LogP contribution in [0.3, 0.4) is 0 Å². The lowest BCUT2D eigenvalue weighted by Crippen LogP contribution is -2.06. The molecule has 1 aromatic carbocycles. The fourth-order valence-corrected chi connectivity index (χ4v) is 1.89. The summed E-state index contributed by atoms with van der Waals surface area (Å²) in [6, 6.07) is 3.98. The lowest BCUT2D eigenvalue weighted by molar-refractivity contribution is 0.101. The van der Waals surface area contributed by atoms with Crippen LogP contribution in [0.2, 0.25) is 0 Å². The predicted octanol–water partition coefficient (Wildman–Crippen LogP) is 3.29. The maximum Gasteiger partial charge on any atom is 0.163 e. The smallest absolute Gasteiger partial charge is 0.163 e. The number of benzene rings is 1. The van der Waals surface area contributed by atoms with Crippen molar-refractivity contribution < 1.29 is 9.53 Å². The minimum atomic E-state index is 0.0811. The van der Waals surface area contributed by atoms with Crippen molar-refractivity contribution in [2.45, 2.75) is 33.6 Å². The molecular weight excluding hydrogens is 200 g/mol. The van der Waals surface area contributed by atoms with E-state index in [1.54, 1.807) is 6.92 Å². The highest BCUT2D eigenvalue weighted by Gasteiger charge is 2.23. The molecule has 1 aromatic rings. The lowest BCUT2D eigenvalue weighted by Gasteiger charge is -2.13. The summed E-state index contributed by atoms with van der Waals surface area (Å²) in [4.78, 5) is 11.6. The number of rotatable bonds is 4. The molecule has 1 saturated carbocycles. The second kappa shape index (κ2) is 4.28. The van der Waals surface area contributed by atoms with Crippen LogP contribution in [0, 0.1) is 19.8 Å². The van der Waals surface area contributed by atoms with Crippen molar-refractivity contribution in [3.05, 3.63) is 28.8 Å². The van der Waals surface area contributed by atoms with Gasteiger partial charge in [-0.1, -0.05) is 6.07 Å². The largest absolute Gasteiger partial charge is 0.492 e. The Hall–Kier alpha value is -1.31. The standard InChI is InChI=1S/C14H18O2/c1-9-6-10(2)14(13(7-9)11(3)15)16-8-12-4-5-12/h6-7,12H,4-5,8H2,1-3H3. The van der Waals surface area contributed by atoms with E-state index in [1.165, 1.54) is 12.8 Å². The van der Waals surface area contributed by atoms with E-state index in [4.69, 9.17) is 4.74 Å². The Kier molecular flexibility index (Phi) is 2.99. The molecule has 1 aliphatic carbocycles. The van der Waals surface area contributed by atoms with Gasteiger partial charge in [0.15, 0.2) is 5.78 Å². The van der Waals surface area contributed by atoms with E-state index < -0.39 is 0 Å². The van der Waals surface area contributed by atoms with Crippen molar-refractivity contribution in [1.82, 2.24) is 0 Å². The molecule has 0 aliphatic heterocycles. The second-order valence-corrected chi connectivity index (χ2v) is 4.77. The molecule has 1 fully saturated rings. The van der Waals surface area contributed by atoms with E-state index in [0.29, 0.717) is 5.92 Å². The summed E-state index contributed by atoms with van der Waals surface area (Å²) < 4.78 is 5.79.